The molecule has 0 aromatic carbocycles. The summed E-state index contributed by atoms with van der Waals surface area (Å²) >= 11 is 6.03. The van der Waals surface area contributed by atoms with Gasteiger partial charge in [-0.2, -0.15) is 0 Å². The number of nitrogens with one attached hydrogen (secondary N) is 1. The van der Waals surface area contributed by atoms with Crippen molar-refractivity contribution in [2.75, 3.05) is 12.4 Å². The van der Waals surface area contributed by atoms with Gasteiger partial charge in [-0.3, -0.25) is 4.79 Å². The number of alkyl halides is 1. The Labute approximate surface area is 110 Å². The molecular weight excluding hydrogens is 234 g/mol. The minimum atomic E-state index is 0.0902. The van der Waals surface area contributed by atoms with Gasteiger partial charge in [0.2, 0.25) is 5.91 Å². The molecule has 0 aromatic rings. The van der Waals surface area contributed by atoms with Crippen molar-refractivity contribution in [2.24, 2.45) is 11.3 Å². The van der Waals surface area contributed by atoms with E-state index in [4.69, 9.17) is 11.6 Å². The number of rotatable bonds is 7. The summed E-state index contributed by atoms with van der Waals surface area (Å²) in [4.78, 5) is 11.8. The van der Waals surface area contributed by atoms with Gasteiger partial charge < -0.3 is 5.32 Å². The molecule has 1 fully saturated rings. The second-order valence-electron chi connectivity index (χ2n) is 5.47. The first-order valence-corrected chi connectivity index (χ1v) is 7.52. The Morgan fingerprint density at radius 1 is 1.29 bits per heavy atom. The molecule has 1 N–H and O–H groups in total. The number of hydrogen-bond donors (Lipinski definition) is 1. The van der Waals surface area contributed by atoms with Crippen LogP contribution in [0.25, 0.3) is 0 Å². The van der Waals surface area contributed by atoms with Crippen LogP contribution in [0, 0.1) is 11.3 Å². The minimum absolute atomic E-state index is 0.0902. The monoisotopic (exact) mass is 259 g/mol. The van der Waals surface area contributed by atoms with Crippen LogP contribution >= 0.6 is 11.6 Å². The van der Waals surface area contributed by atoms with Gasteiger partial charge in [0.05, 0.1) is 0 Å². The molecule has 1 saturated carbocycles. The van der Waals surface area contributed by atoms with Gasteiger partial charge in [-0.05, 0) is 31.6 Å². The summed E-state index contributed by atoms with van der Waals surface area (Å²) in [6.45, 7) is 5.03. The van der Waals surface area contributed by atoms with Crippen LogP contribution in [-0.2, 0) is 4.79 Å². The molecule has 0 aromatic heterocycles. The van der Waals surface area contributed by atoms with E-state index in [2.05, 4.69) is 19.2 Å². The highest BCUT2D eigenvalue weighted by atomic mass is 35.5. The van der Waals surface area contributed by atoms with E-state index in [1.807, 2.05) is 0 Å². The van der Waals surface area contributed by atoms with E-state index in [0.29, 0.717) is 18.2 Å². The van der Waals surface area contributed by atoms with Crippen molar-refractivity contribution in [2.45, 2.75) is 58.8 Å². The second kappa shape index (κ2) is 7.25. The molecule has 3 heteroatoms. The van der Waals surface area contributed by atoms with Crippen LogP contribution in [0.1, 0.15) is 58.8 Å². The molecule has 0 aliphatic heterocycles. The third kappa shape index (κ3) is 4.50. The van der Waals surface area contributed by atoms with E-state index < -0.39 is 0 Å². The Kier molecular flexibility index (Phi) is 6.32. The fourth-order valence-corrected chi connectivity index (χ4v) is 3.04. The Morgan fingerprint density at radius 2 is 1.88 bits per heavy atom. The summed E-state index contributed by atoms with van der Waals surface area (Å²) in [5.74, 6) is 1.47. The molecule has 0 spiro atoms. The van der Waals surface area contributed by atoms with E-state index in [1.54, 1.807) is 0 Å². The van der Waals surface area contributed by atoms with E-state index in [-0.39, 0.29) is 11.3 Å². The third-order valence-electron chi connectivity index (χ3n) is 4.39. The van der Waals surface area contributed by atoms with Crippen molar-refractivity contribution >= 4 is 17.5 Å². The highest BCUT2D eigenvalue weighted by molar-refractivity contribution is 6.18. The average molecular weight is 260 g/mol. The zero-order valence-electron chi connectivity index (χ0n) is 11.2. The van der Waals surface area contributed by atoms with Crippen molar-refractivity contribution in [1.82, 2.24) is 5.32 Å². The largest absolute Gasteiger partial charge is 0.355 e. The van der Waals surface area contributed by atoms with Crippen LogP contribution in [0.4, 0.5) is 0 Å². The Hall–Kier alpha value is -0.240. The maximum absolute atomic E-state index is 11.8. The van der Waals surface area contributed by atoms with Gasteiger partial charge in [-0.15, -0.1) is 11.6 Å². The normalized spacial score (nSPS) is 17.4. The SMILES string of the molecule is CCC(CC)(CCl)CNC(=O)CC1CCCC1. The molecule has 1 rings (SSSR count). The summed E-state index contributed by atoms with van der Waals surface area (Å²) in [5.41, 5.74) is 0.0902. The molecule has 0 radical (unpaired) electrons. The van der Waals surface area contributed by atoms with E-state index >= 15 is 0 Å². The summed E-state index contributed by atoms with van der Waals surface area (Å²) in [7, 11) is 0. The Balaban J connectivity index is 2.30. The quantitative estimate of drug-likeness (QED) is 0.694. The van der Waals surface area contributed by atoms with E-state index in [1.165, 1.54) is 25.7 Å². The number of halogens is 1. The molecule has 1 amide bonds. The maximum Gasteiger partial charge on any atom is 0.220 e. The molecule has 0 heterocycles. The predicted octanol–water partition coefficient (Wildman–Crippen LogP) is 3.73. The third-order valence-corrected chi connectivity index (χ3v) is 4.96. The standard InChI is InChI=1S/C14H26ClNO/c1-3-14(4-2,10-15)11-16-13(17)9-12-7-5-6-8-12/h12H,3-11H2,1-2H3,(H,16,17). The number of amides is 1. The molecule has 0 unspecified atom stereocenters. The van der Waals surface area contributed by atoms with E-state index in [0.717, 1.165) is 19.4 Å². The fraction of sp³-hybridized carbons (Fsp3) is 0.929. The van der Waals surface area contributed by atoms with Crippen LogP contribution in [0.3, 0.4) is 0 Å². The topological polar surface area (TPSA) is 29.1 Å². The van der Waals surface area contributed by atoms with Gasteiger partial charge in [0.1, 0.15) is 0 Å². The average Bonchev–Trinajstić information content (AvgIpc) is 2.84. The molecule has 0 bridgehead atoms. The fourth-order valence-electron chi connectivity index (χ4n) is 2.57. The molecule has 1 aliphatic carbocycles. The van der Waals surface area contributed by atoms with Gasteiger partial charge in [0, 0.05) is 24.3 Å². The smallest absolute Gasteiger partial charge is 0.220 e. The molecule has 0 atom stereocenters. The van der Waals surface area contributed by atoms with Gasteiger partial charge >= 0.3 is 0 Å². The maximum atomic E-state index is 11.8. The Morgan fingerprint density at radius 3 is 2.35 bits per heavy atom. The lowest BCUT2D eigenvalue weighted by molar-refractivity contribution is -0.122. The molecule has 1 aliphatic rings. The molecule has 100 valence electrons. The number of hydrogen-bond acceptors (Lipinski definition) is 1. The van der Waals surface area contributed by atoms with Crippen LogP contribution in [0.2, 0.25) is 0 Å². The lowest BCUT2D eigenvalue weighted by Crippen LogP contribution is -2.38. The zero-order chi connectivity index (χ0) is 12.7. The van der Waals surface area contributed by atoms with Gasteiger partial charge in [0.25, 0.3) is 0 Å². The predicted molar refractivity (Wildman–Crippen MR) is 73.3 cm³/mol. The van der Waals surface area contributed by atoms with Crippen molar-refractivity contribution in [3.8, 4) is 0 Å². The molecule has 0 saturated heterocycles. The summed E-state index contributed by atoms with van der Waals surface area (Å²) in [5, 5.41) is 3.08. The van der Waals surface area contributed by atoms with Crippen LogP contribution in [0.15, 0.2) is 0 Å². The lowest BCUT2D eigenvalue weighted by Gasteiger charge is -2.29. The first-order valence-electron chi connectivity index (χ1n) is 6.98. The minimum Gasteiger partial charge on any atom is -0.355 e. The van der Waals surface area contributed by atoms with Crippen molar-refractivity contribution in [1.29, 1.82) is 0 Å². The highest BCUT2D eigenvalue weighted by Gasteiger charge is 2.26. The van der Waals surface area contributed by atoms with Crippen molar-refractivity contribution in [3.63, 3.8) is 0 Å². The van der Waals surface area contributed by atoms with Crippen molar-refractivity contribution in [3.05, 3.63) is 0 Å². The summed E-state index contributed by atoms with van der Waals surface area (Å²) in [6, 6.07) is 0. The van der Waals surface area contributed by atoms with Crippen molar-refractivity contribution < 1.29 is 4.79 Å². The first kappa shape index (κ1) is 14.8. The lowest BCUT2D eigenvalue weighted by atomic mass is 9.84. The highest BCUT2D eigenvalue weighted by Crippen LogP contribution is 2.29. The molecule has 17 heavy (non-hydrogen) atoms. The Bertz CT molecular complexity index is 224. The number of carbonyl (C=O) groups is 1. The molecule has 2 nitrogen and oxygen atoms in total. The van der Waals surface area contributed by atoms with Crippen LogP contribution in [0.5, 0.6) is 0 Å². The summed E-state index contributed by atoms with van der Waals surface area (Å²) < 4.78 is 0. The molecular formula is C14H26ClNO. The number of carbonyl (C=O) groups excluding carboxylic acids is 1. The first-order chi connectivity index (χ1) is 8.15. The van der Waals surface area contributed by atoms with Crippen LogP contribution in [-0.4, -0.2) is 18.3 Å². The van der Waals surface area contributed by atoms with Gasteiger partial charge in [-0.1, -0.05) is 26.7 Å². The zero-order valence-corrected chi connectivity index (χ0v) is 12.0. The van der Waals surface area contributed by atoms with Crippen LogP contribution < -0.4 is 5.32 Å². The summed E-state index contributed by atoms with van der Waals surface area (Å²) in [6.07, 6.45) is 7.82. The van der Waals surface area contributed by atoms with Gasteiger partial charge in [-0.25, -0.2) is 0 Å². The van der Waals surface area contributed by atoms with Gasteiger partial charge in [0.15, 0.2) is 0 Å². The van der Waals surface area contributed by atoms with E-state index in [9.17, 15) is 4.79 Å². The second-order valence-corrected chi connectivity index (χ2v) is 5.74.